The Morgan fingerprint density at radius 3 is 2.26 bits per heavy atom. The number of carbonyl (C=O) groups excluding carboxylic acids is 3. The number of likely N-dealkylation sites (N-methyl/N-ethyl adjacent to an activating group) is 1. The summed E-state index contributed by atoms with van der Waals surface area (Å²) in [5, 5.41) is 2.93. The van der Waals surface area contributed by atoms with E-state index in [1.807, 2.05) is 36.1 Å². The molecule has 1 aliphatic heterocycles. The van der Waals surface area contributed by atoms with E-state index in [1.54, 1.807) is 24.3 Å². The highest BCUT2D eigenvalue weighted by Crippen LogP contribution is 2.22. The first-order valence-corrected chi connectivity index (χ1v) is 12.1. The minimum Gasteiger partial charge on any atom is -0.461 e. The first kappa shape index (κ1) is 25.4. The average Bonchev–Trinajstić information content (AvgIpc) is 2.87. The molecule has 2 aromatic carbocycles. The molecule has 2 aromatic rings. The quantitative estimate of drug-likeness (QED) is 0.567. The number of hydrogen-bond donors (Lipinski definition) is 1. The second kappa shape index (κ2) is 12.3. The Kier molecular flexibility index (Phi) is 9.22. The maximum atomic E-state index is 12.8. The predicted molar refractivity (Wildman–Crippen MR) is 133 cm³/mol. The number of piperidine rings is 1. The van der Waals surface area contributed by atoms with Crippen LogP contribution in [0.5, 0.6) is 0 Å². The van der Waals surface area contributed by atoms with Gasteiger partial charge in [0.15, 0.2) is 0 Å². The number of rotatable bonds is 9. The van der Waals surface area contributed by atoms with Gasteiger partial charge in [0.2, 0.25) is 5.91 Å². The van der Waals surface area contributed by atoms with Crippen molar-refractivity contribution in [2.24, 2.45) is 5.92 Å². The highest BCUT2D eigenvalue weighted by Gasteiger charge is 2.28. The van der Waals surface area contributed by atoms with Crippen molar-refractivity contribution < 1.29 is 19.1 Å². The lowest BCUT2D eigenvalue weighted by molar-refractivity contribution is -0.121. The van der Waals surface area contributed by atoms with Crippen LogP contribution < -0.4 is 5.32 Å². The molecule has 0 aliphatic carbocycles. The summed E-state index contributed by atoms with van der Waals surface area (Å²) in [6.07, 6.45) is 1.25. The average molecular weight is 466 g/mol. The number of likely N-dealkylation sites (tertiary alicyclic amines) is 1. The van der Waals surface area contributed by atoms with Crippen LogP contribution in [0.1, 0.15) is 53.0 Å². The minimum atomic E-state index is -0.365. The van der Waals surface area contributed by atoms with Gasteiger partial charge < -0.3 is 19.9 Å². The fourth-order valence-corrected chi connectivity index (χ4v) is 4.15. The number of nitrogens with zero attached hydrogens (tertiary/aromatic N) is 2. The van der Waals surface area contributed by atoms with E-state index < -0.39 is 0 Å². The Morgan fingerprint density at radius 1 is 1.00 bits per heavy atom. The number of nitrogens with one attached hydrogen (secondary N) is 1. The van der Waals surface area contributed by atoms with E-state index >= 15 is 0 Å². The minimum absolute atomic E-state index is 0.0246. The standard InChI is InChI=1S/C27H35N3O4/c1-4-29(5-2)18-19-34-27(33)22-10-12-23(13-11-22)28-25(31)21-14-16-30(17-15-21)26(32)24-9-7-6-8-20(24)3/h6-13,21H,4-5,14-19H2,1-3H3,(H,28,31). The molecule has 0 unspecified atom stereocenters. The van der Waals surface area contributed by atoms with Gasteiger partial charge in [-0.3, -0.25) is 9.59 Å². The fraction of sp³-hybridized carbons (Fsp3) is 0.444. The number of esters is 1. The lowest BCUT2D eigenvalue weighted by atomic mass is 9.95. The van der Waals surface area contributed by atoms with Crippen LogP contribution >= 0.6 is 0 Å². The van der Waals surface area contributed by atoms with E-state index in [-0.39, 0.29) is 23.7 Å². The van der Waals surface area contributed by atoms with E-state index in [9.17, 15) is 14.4 Å². The molecule has 1 fully saturated rings. The molecule has 7 heteroatoms. The summed E-state index contributed by atoms with van der Waals surface area (Å²) < 4.78 is 5.35. The van der Waals surface area contributed by atoms with Crippen LogP contribution in [-0.2, 0) is 9.53 Å². The molecule has 34 heavy (non-hydrogen) atoms. The maximum absolute atomic E-state index is 12.8. The number of benzene rings is 2. The molecule has 0 atom stereocenters. The van der Waals surface area contributed by atoms with E-state index in [2.05, 4.69) is 24.1 Å². The lowest BCUT2D eigenvalue weighted by Crippen LogP contribution is -2.41. The third-order valence-corrected chi connectivity index (χ3v) is 6.45. The molecule has 1 N–H and O–H groups in total. The normalized spacial score (nSPS) is 14.2. The van der Waals surface area contributed by atoms with Crippen LogP contribution in [0.15, 0.2) is 48.5 Å². The van der Waals surface area contributed by atoms with Crippen LogP contribution in [0.2, 0.25) is 0 Å². The smallest absolute Gasteiger partial charge is 0.338 e. The number of amides is 2. The largest absolute Gasteiger partial charge is 0.461 e. The van der Waals surface area contributed by atoms with Gasteiger partial charge in [-0.15, -0.1) is 0 Å². The van der Waals surface area contributed by atoms with E-state index in [0.29, 0.717) is 50.3 Å². The number of anilines is 1. The molecule has 0 radical (unpaired) electrons. The zero-order chi connectivity index (χ0) is 24.5. The molecule has 3 rings (SSSR count). The molecular formula is C27H35N3O4. The van der Waals surface area contributed by atoms with Gasteiger partial charge in [-0.25, -0.2) is 4.79 Å². The van der Waals surface area contributed by atoms with Gasteiger partial charge in [-0.05, 0) is 68.8 Å². The Morgan fingerprint density at radius 2 is 1.65 bits per heavy atom. The molecule has 1 saturated heterocycles. The van der Waals surface area contributed by atoms with Gasteiger partial charge in [0, 0.05) is 36.8 Å². The summed E-state index contributed by atoms with van der Waals surface area (Å²) in [6, 6.07) is 14.3. The lowest BCUT2D eigenvalue weighted by Gasteiger charge is -2.31. The zero-order valence-corrected chi connectivity index (χ0v) is 20.4. The first-order chi connectivity index (χ1) is 16.4. The van der Waals surface area contributed by atoms with E-state index in [0.717, 1.165) is 24.2 Å². The molecule has 0 saturated carbocycles. The molecule has 0 bridgehead atoms. The highest BCUT2D eigenvalue weighted by atomic mass is 16.5. The van der Waals surface area contributed by atoms with Gasteiger partial charge in [0.05, 0.1) is 5.56 Å². The molecule has 7 nitrogen and oxygen atoms in total. The van der Waals surface area contributed by atoms with Crippen molar-refractivity contribution in [2.75, 3.05) is 44.6 Å². The van der Waals surface area contributed by atoms with Crippen LogP contribution in [-0.4, -0.2) is 66.9 Å². The van der Waals surface area contributed by atoms with Crippen LogP contribution in [0.4, 0.5) is 5.69 Å². The molecule has 1 heterocycles. The van der Waals surface area contributed by atoms with Gasteiger partial charge >= 0.3 is 5.97 Å². The maximum Gasteiger partial charge on any atom is 0.338 e. The molecule has 1 aliphatic rings. The number of carbonyl (C=O) groups is 3. The summed E-state index contributed by atoms with van der Waals surface area (Å²) in [7, 11) is 0. The summed E-state index contributed by atoms with van der Waals surface area (Å²) in [6.45, 7) is 10.1. The Bertz CT molecular complexity index is 978. The third-order valence-electron chi connectivity index (χ3n) is 6.45. The zero-order valence-electron chi connectivity index (χ0n) is 20.4. The predicted octanol–water partition coefficient (Wildman–Crippen LogP) is 3.98. The summed E-state index contributed by atoms with van der Waals surface area (Å²) >= 11 is 0. The fourth-order valence-electron chi connectivity index (χ4n) is 4.15. The van der Waals surface area contributed by atoms with Crippen molar-refractivity contribution in [3.05, 3.63) is 65.2 Å². The Labute approximate surface area is 202 Å². The van der Waals surface area contributed by atoms with Gasteiger partial charge in [-0.2, -0.15) is 0 Å². The third kappa shape index (κ3) is 6.67. The first-order valence-electron chi connectivity index (χ1n) is 12.1. The van der Waals surface area contributed by atoms with Crippen LogP contribution in [0.3, 0.4) is 0 Å². The van der Waals surface area contributed by atoms with Crippen molar-refractivity contribution in [3.63, 3.8) is 0 Å². The Hall–Kier alpha value is -3.19. The van der Waals surface area contributed by atoms with Crippen molar-refractivity contribution in [2.45, 2.75) is 33.6 Å². The number of aryl methyl sites for hydroxylation is 1. The van der Waals surface area contributed by atoms with Crippen molar-refractivity contribution in [3.8, 4) is 0 Å². The Balaban J connectivity index is 1.46. The SMILES string of the molecule is CCN(CC)CCOC(=O)c1ccc(NC(=O)C2CCN(C(=O)c3ccccc3C)CC2)cc1. The summed E-state index contributed by atoms with van der Waals surface area (Å²) in [5.74, 6) is -0.546. The number of ether oxygens (including phenoxy) is 1. The topological polar surface area (TPSA) is 79.0 Å². The van der Waals surface area contributed by atoms with E-state index in [4.69, 9.17) is 4.74 Å². The van der Waals surface area contributed by atoms with E-state index in [1.165, 1.54) is 0 Å². The van der Waals surface area contributed by atoms with Gasteiger partial charge in [-0.1, -0.05) is 32.0 Å². The molecule has 0 spiro atoms. The van der Waals surface area contributed by atoms with Gasteiger partial charge in [0.1, 0.15) is 6.61 Å². The second-order valence-electron chi connectivity index (χ2n) is 8.61. The molecule has 182 valence electrons. The van der Waals surface area contributed by atoms with Crippen LogP contribution in [0, 0.1) is 12.8 Å². The number of hydrogen-bond acceptors (Lipinski definition) is 5. The highest BCUT2D eigenvalue weighted by molar-refractivity contribution is 5.96. The van der Waals surface area contributed by atoms with Crippen molar-refractivity contribution >= 4 is 23.5 Å². The summed E-state index contributed by atoms with van der Waals surface area (Å²) in [5.41, 5.74) is 2.78. The summed E-state index contributed by atoms with van der Waals surface area (Å²) in [4.78, 5) is 41.8. The monoisotopic (exact) mass is 465 g/mol. The molecular weight excluding hydrogens is 430 g/mol. The van der Waals surface area contributed by atoms with Gasteiger partial charge in [0.25, 0.3) is 5.91 Å². The van der Waals surface area contributed by atoms with Crippen molar-refractivity contribution in [1.82, 2.24) is 9.80 Å². The van der Waals surface area contributed by atoms with Crippen LogP contribution in [0.25, 0.3) is 0 Å². The van der Waals surface area contributed by atoms with Crippen molar-refractivity contribution in [1.29, 1.82) is 0 Å². The second-order valence-corrected chi connectivity index (χ2v) is 8.61. The molecule has 2 amide bonds. The molecule has 0 aromatic heterocycles.